The second kappa shape index (κ2) is 8.83. The Labute approximate surface area is 251 Å². The summed E-state index contributed by atoms with van der Waals surface area (Å²) in [4.78, 5) is 0. The molecule has 0 bridgehead atoms. The third kappa shape index (κ3) is 3.35. The molecule has 0 atom stereocenters. The Hall–Kier alpha value is -5.34. The van der Waals surface area contributed by atoms with Crippen molar-refractivity contribution < 1.29 is 0 Å². The molecule has 204 valence electrons. The van der Waals surface area contributed by atoms with Crippen LogP contribution in [0.15, 0.2) is 146 Å². The van der Waals surface area contributed by atoms with Crippen LogP contribution in [0.25, 0.3) is 66.5 Å². The fourth-order valence-electron chi connectivity index (χ4n) is 7.49. The molecule has 6 aromatic carbocycles. The first-order valence-electron chi connectivity index (χ1n) is 15.0. The quantitative estimate of drug-likeness (QED) is 0.207. The number of benzene rings is 6. The highest BCUT2D eigenvalue weighted by Gasteiger charge is 2.35. The fraction of sp³-hybridized carbons (Fsp3) is 0.0732. The smallest absolute Gasteiger partial charge is 0.0803 e. The van der Waals surface area contributed by atoms with E-state index in [4.69, 9.17) is 0 Å². The van der Waals surface area contributed by atoms with Crippen molar-refractivity contribution in [3.8, 4) is 33.6 Å². The summed E-state index contributed by atoms with van der Waals surface area (Å²) in [7, 11) is 0. The summed E-state index contributed by atoms with van der Waals surface area (Å²) in [5, 5.41) is 2.50. The average molecular weight is 551 g/mol. The molecule has 2 nitrogen and oxygen atoms in total. The zero-order valence-corrected chi connectivity index (χ0v) is 24.3. The Morgan fingerprint density at radius 2 is 0.930 bits per heavy atom. The number of aromatic nitrogens is 2. The van der Waals surface area contributed by atoms with Crippen LogP contribution in [0.3, 0.4) is 0 Å². The number of nitrogens with zero attached hydrogens (tertiary/aromatic N) is 2. The standard InChI is InChI=1S/C41H30N2/c1-41(2)35-17-9-6-14-31(35)32-25-22-28(26-36(32)41)27-20-23-30(24-21-27)43-38-19-11-8-16-34(38)39-40(43)33-15-7-10-18-37(33)42(39)29-12-4-3-5-13-29/h3-26H,1-2H3. The first-order valence-corrected chi connectivity index (χ1v) is 15.0. The molecule has 9 rings (SSSR count). The van der Waals surface area contributed by atoms with Crippen LogP contribution in [0, 0.1) is 0 Å². The third-order valence-corrected chi connectivity index (χ3v) is 9.53. The number of hydrogen-bond acceptors (Lipinski definition) is 0. The van der Waals surface area contributed by atoms with Gasteiger partial charge in [0.15, 0.2) is 0 Å². The molecule has 0 saturated carbocycles. The minimum Gasteiger partial charge on any atom is -0.307 e. The van der Waals surface area contributed by atoms with Crippen LogP contribution in [0.1, 0.15) is 25.0 Å². The maximum Gasteiger partial charge on any atom is 0.0803 e. The molecule has 0 spiro atoms. The SMILES string of the molecule is CC1(C)c2ccccc2-c2ccc(-c3ccc(-n4c5ccccc5c5c4c4ccccc4n5-c4ccccc4)cc3)cc21. The lowest BCUT2D eigenvalue weighted by molar-refractivity contribution is 0.660. The van der Waals surface area contributed by atoms with Crippen molar-refractivity contribution in [2.24, 2.45) is 0 Å². The minimum absolute atomic E-state index is 0.00942. The maximum absolute atomic E-state index is 2.44. The van der Waals surface area contributed by atoms with Crippen LogP contribution in [-0.2, 0) is 5.41 Å². The first kappa shape index (κ1) is 24.3. The predicted octanol–water partition coefficient (Wildman–Crippen LogP) is 10.7. The van der Waals surface area contributed by atoms with Crippen LogP contribution < -0.4 is 0 Å². The fourth-order valence-corrected chi connectivity index (χ4v) is 7.49. The summed E-state index contributed by atoms with van der Waals surface area (Å²) in [5.74, 6) is 0. The summed E-state index contributed by atoms with van der Waals surface area (Å²) in [6.07, 6.45) is 0. The van der Waals surface area contributed by atoms with Gasteiger partial charge < -0.3 is 9.13 Å². The number of rotatable bonds is 3. The zero-order chi connectivity index (χ0) is 28.7. The van der Waals surface area contributed by atoms with Gasteiger partial charge in [0.2, 0.25) is 0 Å². The predicted molar refractivity (Wildman–Crippen MR) is 181 cm³/mol. The van der Waals surface area contributed by atoms with E-state index in [-0.39, 0.29) is 5.41 Å². The van der Waals surface area contributed by atoms with E-state index in [0.717, 1.165) is 0 Å². The summed E-state index contributed by atoms with van der Waals surface area (Å²) in [5.41, 5.74) is 15.3. The highest BCUT2D eigenvalue weighted by molar-refractivity contribution is 6.19. The molecule has 0 amide bonds. The van der Waals surface area contributed by atoms with Crippen LogP contribution in [0.5, 0.6) is 0 Å². The summed E-state index contributed by atoms with van der Waals surface area (Å²) in [6, 6.07) is 53.2. The molecular weight excluding hydrogens is 520 g/mol. The third-order valence-electron chi connectivity index (χ3n) is 9.53. The van der Waals surface area contributed by atoms with Gasteiger partial charge in [-0.05, 0) is 75.8 Å². The molecule has 0 fully saturated rings. The molecule has 1 aliphatic carbocycles. The van der Waals surface area contributed by atoms with Crippen molar-refractivity contribution in [2.75, 3.05) is 0 Å². The van der Waals surface area contributed by atoms with Crippen molar-refractivity contribution >= 4 is 32.8 Å². The van der Waals surface area contributed by atoms with Crippen LogP contribution in [0.4, 0.5) is 0 Å². The molecule has 0 aliphatic heterocycles. The van der Waals surface area contributed by atoms with Gasteiger partial charge in [0.1, 0.15) is 0 Å². The average Bonchev–Trinajstić information content (AvgIpc) is 3.65. The molecule has 2 heterocycles. The van der Waals surface area contributed by atoms with Gasteiger partial charge in [-0.1, -0.05) is 117 Å². The summed E-state index contributed by atoms with van der Waals surface area (Å²) in [6.45, 7) is 4.69. The monoisotopic (exact) mass is 550 g/mol. The molecule has 2 aromatic heterocycles. The molecule has 0 unspecified atom stereocenters. The van der Waals surface area contributed by atoms with Crippen LogP contribution in [0.2, 0.25) is 0 Å². The summed E-state index contributed by atoms with van der Waals surface area (Å²) < 4.78 is 4.86. The first-order chi connectivity index (χ1) is 21.1. The van der Waals surface area contributed by atoms with E-state index >= 15 is 0 Å². The lowest BCUT2D eigenvalue weighted by atomic mass is 9.81. The molecule has 8 aromatic rings. The van der Waals surface area contributed by atoms with Gasteiger partial charge in [-0.15, -0.1) is 0 Å². The van der Waals surface area contributed by atoms with Gasteiger partial charge in [-0.2, -0.15) is 0 Å². The van der Waals surface area contributed by atoms with Crippen LogP contribution >= 0.6 is 0 Å². The van der Waals surface area contributed by atoms with E-state index in [1.807, 2.05) is 0 Å². The molecule has 0 saturated heterocycles. The van der Waals surface area contributed by atoms with E-state index < -0.39 is 0 Å². The van der Waals surface area contributed by atoms with Gasteiger partial charge in [-0.25, -0.2) is 0 Å². The van der Waals surface area contributed by atoms with Crippen molar-refractivity contribution in [1.82, 2.24) is 9.13 Å². The normalized spacial score (nSPS) is 13.5. The highest BCUT2D eigenvalue weighted by atomic mass is 15.1. The Bertz CT molecular complexity index is 2340. The second-order valence-corrected chi connectivity index (χ2v) is 12.2. The Kier molecular flexibility index (Phi) is 4.99. The molecular formula is C41H30N2. The lowest BCUT2D eigenvalue weighted by Gasteiger charge is -2.22. The van der Waals surface area contributed by atoms with E-state index in [1.165, 1.54) is 77.6 Å². The van der Waals surface area contributed by atoms with Gasteiger partial charge in [0.05, 0.1) is 22.1 Å². The van der Waals surface area contributed by atoms with E-state index in [2.05, 4.69) is 169 Å². The van der Waals surface area contributed by atoms with E-state index in [0.29, 0.717) is 0 Å². The van der Waals surface area contributed by atoms with Gasteiger partial charge in [0, 0.05) is 27.6 Å². The van der Waals surface area contributed by atoms with Crippen molar-refractivity contribution in [2.45, 2.75) is 19.3 Å². The topological polar surface area (TPSA) is 9.86 Å². The lowest BCUT2D eigenvalue weighted by Crippen LogP contribution is -2.14. The second-order valence-electron chi connectivity index (χ2n) is 12.2. The van der Waals surface area contributed by atoms with E-state index in [9.17, 15) is 0 Å². The molecule has 0 radical (unpaired) electrons. The Morgan fingerprint density at radius 3 is 1.60 bits per heavy atom. The summed E-state index contributed by atoms with van der Waals surface area (Å²) >= 11 is 0. The zero-order valence-electron chi connectivity index (χ0n) is 24.3. The number of hydrogen-bond donors (Lipinski definition) is 0. The molecule has 43 heavy (non-hydrogen) atoms. The van der Waals surface area contributed by atoms with Crippen LogP contribution in [-0.4, -0.2) is 9.13 Å². The minimum atomic E-state index is -0.00942. The van der Waals surface area contributed by atoms with Crippen molar-refractivity contribution in [1.29, 1.82) is 0 Å². The largest absolute Gasteiger partial charge is 0.307 e. The molecule has 2 heteroatoms. The van der Waals surface area contributed by atoms with Gasteiger partial charge >= 0.3 is 0 Å². The Balaban J connectivity index is 1.23. The number of para-hydroxylation sites is 3. The molecule has 0 N–H and O–H groups in total. The molecule has 1 aliphatic rings. The Morgan fingerprint density at radius 1 is 0.419 bits per heavy atom. The van der Waals surface area contributed by atoms with Crippen molar-refractivity contribution in [3.63, 3.8) is 0 Å². The van der Waals surface area contributed by atoms with Crippen molar-refractivity contribution in [3.05, 3.63) is 157 Å². The highest BCUT2D eigenvalue weighted by Crippen LogP contribution is 2.49. The van der Waals surface area contributed by atoms with Gasteiger partial charge in [0.25, 0.3) is 0 Å². The van der Waals surface area contributed by atoms with Gasteiger partial charge in [-0.3, -0.25) is 0 Å². The van der Waals surface area contributed by atoms with E-state index in [1.54, 1.807) is 0 Å². The maximum atomic E-state index is 2.44. The number of fused-ring (bicyclic) bond motifs is 8.